The molecule has 0 aliphatic carbocycles. The summed E-state index contributed by atoms with van der Waals surface area (Å²) in [6, 6.07) is 2.99. The lowest BCUT2D eigenvalue weighted by Crippen LogP contribution is -2.00. The maximum atomic E-state index is 13.3. The normalized spacial score (nSPS) is 12.6. The first-order valence-electron chi connectivity index (χ1n) is 3.99. The Hall–Kier alpha value is -1.22. The zero-order valence-electron chi connectivity index (χ0n) is 7.54. The summed E-state index contributed by atoms with van der Waals surface area (Å²) in [5, 5.41) is 9.19. The third kappa shape index (κ3) is 1.92. The topological polar surface area (TPSA) is 37.3 Å². The molecule has 0 spiro atoms. The van der Waals surface area contributed by atoms with Crippen LogP contribution in [0.25, 0.3) is 0 Å². The average molecular weight is 182 g/mol. The Balaban J connectivity index is 3.35. The van der Waals surface area contributed by atoms with Crippen LogP contribution in [-0.4, -0.2) is 11.4 Å². The summed E-state index contributed by atoms with van der Waals surface area (Å²) in [4.78, 5) is 10.4. The number of halogens is 1. The highest BCUT2D eigenvalue weighted by Gasteiger charge is 2.12. The summed E-state index contributed by atoms with van der Waals surface area (Å²) in [6.07, 6.45) is -0.438. The van der Waals surface area contributed by atoms with Gasteiger partial charge in [0.1, 0.15) is 5.82 Å². The number of carbonyl (C=O) groups is 1. The van der Waals surface area contributed by atoms with Crippen LogP contribution < -0.4 is 0 Å². The second kappa shape index (κ2) is 3.66. The minimum atomic E-state index is -0.890. The first-order valence-corrected chi connectivity index (χ1v) is 3.99. The van der Waals surface area contributed by atoms with E-state index < -0.39 is 11.9 Å². The third-order valence-corrected chi connectivity index (χ3v) is 1.85. The van der Waals surface area contributed by atoms with Gasteiger partial charge in [-0.25, -0.2) is 4.39 Å². The number of rotatable bonds is 2. The van der Waals surface area contributed by atoms with Crippen molar-refractivity contribution in [2.75, 3.05) is 0 Å². The molecule has 0 saturated carbocycles. The standard InChI is InChI=1S/C10H11FO2/c1-6-3-8(5-12)10(11)9(4-6)7(2)13/h3-5,7,13H,1-2H3. The Labute approximate surface area is 76.0 Å². The van der Waals surface area contributed by atoms with Crippen molar-refractivity contribution in [3.05, 3.63) is 34.6 Å². The fraction of sp³-hybridized carbons (Fsp3) is 0.300. The van der Waals surface area contributed by atoms with Crippen LogP contribution in [0.4, 0.5) is 4.39 Å². The highest BCUT2D eigenvalue weighted by molar-refractivity contribution is 5.76. The van der Waals surface area contributed by atoms with E-state index in [-0.39, 0.29) is 11.1 Å². The monoisotopic (exact) mass is 182 g/mol. The van der Waals surface area contributed by atoms with Crippen molar-refractivity contribution in [1.29, 1.82) is 0 Å². The van der Waals surface area contributed by atoms with Crippen molar-refractivity contribution in [1.82, 2.24) is 0 Å². The van der Waals surface area contributed by atoms with Gasteiger partial charge >= 0.3 is 0 Å². The smallest absolute Gasteiger partial charge is 0.153 e. The van der Waals surface area contributed by atoms with Gasteiger partial charge in [-0.1, -0.05) is 6.07 Å². The summed E-state index contributed by atoms with van der Waals surface area (Å²) in [7, 11) is 0. The minimum Gasteiger partial charge on any atom is -0.389 e. The Morgan fingerprint density at radius 3 is 2.62 bits per heavy atom. The number of aliphatic hydroxyl groups is 1. The predicted octanol–water partition coefficient (Wildman–Crippen LogP) is 2.00. The van der Waals surface area contributed by atoms with Crippen molar-refractivity contribution < 1.29 is 14.3 Å². The predicted molar refractivity (Wildman–Crippen MR) is 47.2 cm³/mol. The molecule has 0 saturated heterocycles. The summed E-state index contributed by atoms with van der Waals surface area (Å²) >= 11 is 0. The van der Waals surface area contributed by atoms with Gasteiger partial charge in [-0.2, -0.15) is 0 Å². The van der Waals surface area contributed by atoms with E-state index in [1.54, 1.807) is 6.92 Å². The molecule has 1 atom stereocenters. The first-order chi connectivity index (χ1) is 6.06. The van der Waals surface area contributed by atoms with Crippen molar-refractivity contribution in [2.45, 2.75) is 20.0 Å². The van der Waals surface area contributed by atoms with Crippen LogP contribution in [0.5, 0.6) is 0 Å². The molecule has 70 valence electrons. The molecule has 1 N–H and O–H groups in total. The molecule has 1 aromatic rings. The number of hydrogen-bond donors (Lipinski definition) is 1. The molecule has 0 fully saturated rings. The van der Waals surface area contributed by atoms with Crippen LogP contribution in [0.3, 0.4) is 0 Å². The second-order valence-corrected chi connectivity index (χ2v) is 3.05. The lowest BCUT2D eigenvalue weighted by molar-refractivity contribution is 0.111. The average Bonchev–Trinajstić information content (AvgIpc) is 2.08. The summed E-state index contributed by atoms with van der Waals surface area (Å²) in [5.74, 6) is -0.629. The maximum Gasteiger partial charge on any atom is 0.153 e. The minimum absolute atomic E-state index is 0.00380. The SMILES string of the molecule is Cc1cc(C=O)c(F)c(C(C)O)c1. The van der Waals surface area contributed by atoms with Gasteiger partial charge in [-0.05, 0) is 25.5 Å². The molecule has 1 aromatic carbocycles. The van der Waals surface area contributed by atoms with Crippen LogP contribution in [0.15, 0.2) is 12.1 Å². The fourth-order valence-electron chi connectivity index (χ4n) is 1.22. The van der Waals surface area contributed by atoms with Crippen LogP contribution in [0.1, 0.15) is 34.5 Å². The number of carbonyl (C=O) groups excluding carboxylic acids is 1. The highest BCUT2D eigenvalue weighted by Crippen LogP contribution is 2.20. The molecular weight excluding hydrogens is 171 g/mol. The molecule has 1 unspecified atom stereocenters. The molecule has 2 nitrogen and oxygen atoms in total. The molecule has 0 aromatic heterocycles. The number of aldehydes is 1. The Morgan fingerprint density at radius 2 is 2.15 bits per heavy atom. The van der Waals surface area contributed by atoms with E-state index in [0.717, 1.165) is 5.56 Å². The molecule has 0 amide bonds. The maximum absolute atomic E-state index is 13.3. The summed E-state index contributed by atoms with van der Waals surface area (Å²) in [6.45, 7) is 3.21. The van der Waals surface area contributed by atoms with Gasteiger partial charge in [-0.3, -0.25) is 4.79 Å². The van der Waals surface area contributed by atoms with E-state index in [2.05, 4.69) is 0 Å². The molecule has 0 heterocycles. The number of aliphatic hydroxyl groups excluding tert-OH is 1. The summed E-state index contributed by atoms with van der Waals surface area (Å²) in [5.41, 5.74) is 0.928. The first kappa shape index (κ1) is 9.86. The quantitative estimate of drug-likeness (QED) is 0.710. The van der Waals surface area contributed by atoms with Gasteiger partial charge in [0.25, 0.3) is 0 Å². The largest absolute Gasteiger partial charge is 0.389 e. The van der Waals surface area contributed by atoms with E-state index in [0.29, 0.717) is 6.29 Å². The van der Waals surface area contributed by atoms with Gasteiger partial charge in [0.05, 0.1) is 11.7 Å². The van der Waals surface area contributed by atoms with E-state index in [9.17, 15) is 14.3 Å². The van der Waals surface area contributed by atoms with E-state index in [4.69, 9.17) is 0 Å². The van der Waals surface area contributed by atoms with Crippen LogP contribution >= 0.6 is 0 Å². The second-order valence-electron chi connectivity index (χ2n) is 3.05. The molecule has 13 heavy (non-hydrogen) atoms. The van der Waals surface area contributed by atoms with E-state index >= 15 is 0 Å². The van der Waals surface area contributed by atoms with Gasteiger partial charge in [0.2, 0.25) is 0 Å². The molecule has 0 aliphatic rings. The zero-order chi connectivity index (χ0) is 10.0. The molecule has 0 bridgehead atoms. The number of hydrogen-bond acceptors (Lipinski definition) is 2. The molecular formula is C10H11FO2. The fourth-order valence-corrected chi connectivity index (χ4v) is 1.22. The van der Waals surface area contributed by atoms with Gasteiger partial charge in [0, 0.05) is 5.56 Å². The van der Waals surface area contributed by atoms with Crippen LogP contribution in [-0.2, 0) is 0 Å². The van der Waals surface area contributed by atoms with E-state index in [1.165, 1.54) is 19.1 Å². The zero-order valence-corrected chi connectivity index (χ0v) is 7.54. The van der Waals surface area contributed by atoms with Crippen molar-refractivity contribution in [3.63, 3.8) is 0 Å². The Kier molecular flexibility index (Phi) is 2.78. The van der Waals surface area contributed by atoms with Gasteiger partial charge < -0.3 is 5.11 Å². The highest BCUT2D eigenvalue weighted by atomic mass is 19.1. The number of benzene rings is 1. The van der Waals surface area contributed by atoms with Gasteiger partial charge in [-0.15, -0.1) is 0 Å². The van der Waals surface area contributed by atoms with Crippen LogP contribution in [0.2, 0.25) is 0 Å². The van der Waals surface area contributed by atoms with Crippen molar-refractivity contribution in [3.8, 4) is 0 Å². The Bertz CT molecular complexity index is 332. The molecule has 3 heteroatoms. The molecule has 0 radical (unpaired) electrons. The van der Waals surface area contributed by atoms with Gasteiger partial charge in [0.15, 0.2) is 6.29 Å². The number of aryl methyl sites for hydroxylation is 1. The third-order valence-electron chi connectivity index (χ3n) is 1.85. The summed E-state index contributed by atoms with van der Waals surface area (Å²) < 4.78 is 13.3. The molecule has 1 rings (SSSR count). The molecule has 0 aliphatic heterocycles. The lowest BCUT2D eigenvalue weighted by Gasteiger charge is -2.08. The van der Waals surface area contributed by atoms with Crippen molar-refractivity contribution >= 4 is 6.29 Å². The Morgan fingerprint density at radius 1 is 1.54 bits per heavy atom. The van der Waals surface area contributed by atoms with Crippen molar-refractivity contribution in [2.24, 2.45) is 0 Å². The van der Waals surface area contributed by atoms with E-state index in [1.807, 2.05) is 0 Å². The lowest BCUT2D eigenvalue weighted by atomic mass is 10.0. The van der Waals surface area contributed by atoms with Crippen LogP contribution in [0, 0.1) is 12.7 Å².